The first-order valence-corrected chi connectivity index (χ1v) is 5.93. The fourth-order valence-corrected chi connectivity index (χ4v) is 1.66. The molecule has 1 fully saturated rings. The molecule has 1 aliphatic rings. The predicted molar refractivity (Wildman–Crippen MR) is 59.7 cm³/mol. The number of hydrogen-bond acceptors (Lipinski definition) is 2. The molecule has 1 aliphatic carbocycles. The molecule has 0 bridgehead atoms. The van der Waals surface area contributed by atoms with Crippen LogP contribution in [-0.2, 0) is 0 Å². The van der Waals surface area contributed by atoms with Gasteiger partial charge in [-0.3, -0.25) is 0 Å². The van der Waals surface area contributed by atoms with Crippen molar-refractivity contribution in [3.8, 4) is 0 Å². The van der Waals surface area contributed by atoms with Crippen molar-refractivity contribution < 1.29 is 9.90 Å². The summed E-state index contributed by atoms with van der Waals surface area (Å²) in [5.74, 6) is 0.592. The third-order valence-corrected chi connectivity index (χ3v) is 2.76. The molecule has 1 atom stereocenters. The number of nitrogens with one attached hydrogen (secondary N) is 2. The molecule has 0 aromatic carbocycles. The Labute approximate surface area is 91.4 Å². The van der Waals surface area contributed by atoms with Gasteiger partial charge in [-0.1, -0.05) is 13.3 Å². The molecule has 1 rings (SSSR count). The van der Waals surface area contributed by atoms with Crippen LogP contribution in [0.5, 0.6) is 0 Å². The number of aliphatic hydroxyl groups is 1. The van der Waals surface area contributed by atoms with Crippen molar-refractivity contribution in [1.82, 2.24) is 10.6 Å². The van der Waals surface area contributed by atoms with Crippen molar-refractivity contribution in [3.05, 3.63) is 0 Å². The Morgan fingerprint density at radius 1 is 1.53 bits per heavy atom. The van der Waals surface area contributed by atoms with Crippen molar-refractivity contribution in [2.45, 2.75) is 45.1 Å². The molecule has 0 aromatic heterocycles. The van der Waals surface area contributed by atoms with Crippen molar-refractivity contribution in [1.29, 1.82) is 0 Å². The first kappa shape index (κ1) is 12.3. The largest absolute Gasteiger partial charge is 0.396 e. The Balaban J connectivity index is 2.15. The number of unbranched alkanes of at least 4 members (excludes halogenated alkanes) is 1. The number of urea groups is 1. The molecular formula is C11H22N2O2. The second-order valence-electron chi connectivity index (χ2n) is 4.21. The van der Waals surface area contributed by atoms with Gasteiger partial charge < -0.3 is 15.7 Å². The van der Waals surface area contributed by atoms with Gasteiger partial charge in [0.1, 0.15) is 0 Å². The van der Waals surface area contributed by atoms with Crippen LogP contribution in [0.1, 0.15) is 39.0 Å². The Bertz CT molecular complexity index is 193. The van der Waals surface area contributed by atoms with Crippen molar-refractivity contribution >= 4 is 6.03 Å². The SMILES string of the molecule is CCCCNC(=O)N[C@@H](CCO)C1CC1. The molecule has 0 saturated heterocycles. The molecule has 0 radical (unpaired) electrons. The van der Waals surface area contributed by atoms with Gasteiger partial charge in [0.2, 0.25) is 0 Å². The molecule has 3 N–H and O–H groups in total. The molecule has 2 amide bonds. The standard InChI is InChI=1S/C11H22N2O2/c1-2-3-7-12-11(15)13-10(6-8-14)9-4-5-9/h9-10,14H,2-8H2,1H3,(H2,12,13,15)/t10-/m0/s1. The smallest absolute Gasteiger partial charge is 0.315 e. The molecule has 0 aliphatic heterocycles. The van der Waals surface area contributed by atoms with E-state index in [9.17, 15) is 4.79 Å². The normalized spacial score (nSPS) is 17.2. The highest BCUT2D eigenvalue weighted by atomic mass is 16.3. The zero-order valence-electron chi connectivity index (χ0n) is 9.46. The van der Waals surface area contributed by atoms with Crippen LogP contribution in [0.25, 0.3) is 0 Å². The fourth-order valence-electron chi connectivity index (χ4n) is 1.66. The van der Waals surface area contributed by atoms with E-state index in [1.54, 1.807) is 0 Å². The van der Waals surface area contributed by atoms with Crippen LogP contribution in [0.4, 0.5) is 4.79 Å². The van der Waals surface area contributed by atoms with E-state index in [2.05, 4.69) is 17.6 Å². The Hall–Kier alpha value is -0.770. The van der Waals surface area contributed by atoms with Crippen LogP contribution < -0.4 is 10.6 Å². The predicted octanol–water partition coefficient (Wildman–Crippen LogP) is 1.25. The summed E-state index contributed by atoms with van der Waals surface area (Å²) in [5.41, 5.74) is 0. The lowest BCUT2D eigenvalue weighted by Crippen LogP contribution is -2.43. The third kappa shape index (κ3) is 5.02. The molecule has 0 aromatic rings. The Kier molecular flexibility index (Phi) is 5.47. The maximum atomic E-state index is 11.4. The van der Waals surface area contributed by atoms with Crippen LogP contribution in [0.3, 0.4) is 0 Å². The summed E-state index contributed by atoms with van der Waals surface area (Å²) in [6.45, 7) is 2.98. The van der Waals surface area contributed by atoms with E-state index in [-0.39, 0.29) is 18.7 Å². The summed E-state index contributed by atoms with van der Waals surface area (Å²) in [6, 6.07) is 0.0745. The topological polar surface area (TPSA) is 61.4 Å². The van der Waals surface area contributed by atoms with Gasteiger partial charge in [-0.05, 0) is 31.6 Å². The maximum Gasteiger partial charge on any atom is 0.315 e. The summed E-state index contributed by atoms with van der Waals surface area (Å²) >= 11 is 0. The number of aliphatic hydroxyl groups excluding tert-OH is 1. The monoisotopic (exact) mass is 214 g/mol. The number of carbonyl (C=O) groups excluding carboxylic acids is 1. The molecule has 4 heteroatoms. The molecular weight excluding hydrogens is 192 g/mol. The summed E-state index contributed by atoms with van der Waals surface area (Å²) in [6.07, 6.45) is 5.14. The summed E-state index contributed by atoms with van der Waals surface area (Å²) < 4.78 is 0. The molecule has 1 saturated carbocycles. The average Bonchev–Trinajstić information content (AvgIpc) is 3.01. The van der Waals surface area contributed by atoms with E-state index in [0.29, 0.717) is 12.3 Å². The van der Waals surface area contributed by atoms with Crippen LogP contribution >= 0.6 is 0 Å². The molecule has 0 spiro atoms. The van der Waals surface area contributed by atoms with E-state index >= 15 is 0 Å². The Morgan fingerprint density at radius 3 is 2.80 bits per heavy atom. The van der Waals surface area contributed by atoms with Gasteiger partial charge in [-0.25, -0.2) is 4.79 Å². The van der Waals surface area contributed by atoms with E-state index in [0.717, 1.165) is 19.4 Å². The number of amides is 2. The second-order valence-corrected chi connectivity index (χ2v) is 4.21. The van der Waals surface area contributed by atoms with Gasteiger partial charge in [0.15, 0.2) is 0 Å². The highest BCUT2D eigenvalue weighted by molar-refractivity contribution is 5.74. The van der Waals surface area contributed by atoms with Gasteiger partial charge in [-0.2, -0.15) is 0 Å². The van der Waals surface area contributed by atoms with Crippen LogP contribution in [0.15, 0.2) is 0 Å². The highest BCUT2D eigenvalue weighted by Gasteiger charge is 2.31. The first-order valence-electron chi connectivity index (χ1n) is 5.93. The minimum atomic E-state index is -0.0891. The molecule has 4 nitrogen and oxygen atoms in total. The summed E-state index contributed by atoms with van der Waals surface area (Å²) in [7, 11) is 0. The van der Waals surface area contributed by atoms with E-state index < -0.39 is 0 Å². The van der Waals surface area contributed by atoms with E-state index in [4.69, 9.17) is 5.11 Å². The van der Waals surface area contributed by atoms with Gasteiger partial charge >= 0.3 is 6.03 Å². The van der Waals surface area contributed by atoms with Crippen molar-refractivity contribution in [2.24, 2.45) is 5.92 Å². The van der Waals surface area contributed by atoms with Crippen LogP contribution in [0, 0.1) is 5.92 Å². The Morgan fingerprint density at radius 2 is 2.27 bits per heavy atom. The zero-order chi connectivity index (χ0) is 11.1. The second kappa shape index (κ2) is 6.67. The minimum Gasteiger partial charge on any atom is -0.396 e. The summed E-state index contributed by atoms with van der Waals surface area (Å²) in [5, 5.41) is 14.6. The molecule has 0 unspecified atom stereocenters. The van der Waals surface area contributed by atoms with Gasteiger partial charge in [0.25, 0.3) is 0 Å². The van der Waals surface area contributed by atoms with Crippen molar-refractivity contribution in [2.75, 3.05) is 13.2 Å². The van der Waals surface area contributed by atoms with Gasteiger partial charge in [0.05, 0.1) is 0 Å². The summed E-state index contributed by atoms with van der Waals surface area (Å²) in [4.78, 5) is 11.4. The van der Waals surface area contributed by atoms with E-state index in [1.807, 2.05) is 0 Å². The zero-order valence-corrected chi connectivity index (χ0v) is 9.46. The highest BCUT2D eigenvalue weighted by Crippen LogP contribution is 2.33. The minimum absolute atomic E-state index is 0.0891. The van der Waals surface area contributed by atoms with Gasteiger partial charge in [0, 0.05) is 19.2 Å². The first-order chi connectivity index (χ1) is 7.27. The number of rotatable bonds is 7. The molecule has 88 valence electrons. The number of hydrogen-bond donors (Lipinski definition) is 3. The van der Waals surface area contributed by atoms with E-state index in [1.165, 1.54) is 12.8 Å². The molecule has 0 heterocycles. The van der Waals surface area contributed by atoms with Crippen LogP contribution in [-0.4, -0.2) is 30.3 Å². The lowest BCUT2D eigenvalue weighted by atomic mass is 10.1. The molecule has 15 heavy (non-hydrogen) atoms. The lowest BCUT2D eigenvalue weighted by Gasteiger charge is -2.17. The lowest BCUT2D eigenvalue weighted by molar-refractivity contribution is 0.225. The maximum absolute atomic E-state index is 11.4. The third-order valence-electron chi connectivity index (χ3n) is 2.76. The van der Waals surface area contributed by atoms with Gasteiger partial charge in [-0.15, -0.1) is 0 Å². The fraction of sp³-hybridized carbons (Fsp3) is 0.909. The van der Waals surface area contributed by atoms with Crippen LogP contribution in [0.2, 0.25) is 0 Å². The average molecular weight is 214 g/mol. The quantitative estimate of drug-likeness (QED) is 0.558. The van der Waals surface area contributed by atoms with Crippen molar-refractivity contribution in [3.63, 3.8) is 0 Å². The number of carbonyl (C=O) groups is 1.